The van der Waals surface area contributed by atoms with Gasteiger partial charge in [-0.3, -0.25) is 5.32 Å². The molecule has 0 radical (unpaired) electrons. The first-order valence-electron chi connectivity index (χ1n) is 6.59. The van der Waals surface area contributed by atoms with Gasteiger partial charge in [-0.05, 0) is 55.5 Å². The predicted molar refractivity (Wildman–Crippen MR) is 71.5 cm³/mol. The second-order valence-corrected chi connectivity index (χ2v) is 4.82. The Bertz CT molecular complexity index is 464. The molecule has 0 saturated heterocycles. The van der Waals surface area contributed by atoms with E-state index in [1.807, 2.05) is 12.1 Å². The van der Waals surface area contributed by atoms with E-state index in [2.05, 4.69) is 24.4 Å². The van der Waals surface area contributed by atoms with E-state index in [0.29, 0.717) is 0 Å². The summed E-state index contributed by atoms with van der Waals surface area (Å²) in [5.74, 6) is 0.873. The summed E-state index contributed by atoms with van der Waals surface area (Å²) in [4.78, 5) is 0. The van der Waals surface area contributed by atoms with Crippen molar-refractivity contribution >= 4 is 0 Å². The minimum Gasteiger partial charge on any atom is -0.497 e. The van der Waals surface area contributed by atoms with E-state index in [0.717, 1.165) is 43.5 Å². The number of benzene rings is 1. The molecule has 0 bridgehead atoms. The van der Waals surface area contributed by atoms with Gasteiger partial charge in [0.1, 0.15) is 11.3 Å². The van der Waals surface area contributed by atoms with Gasteiger partial charge in [0.2, 0.25) is 0 Å². The van der Waals surface area contributed by atoms with Crippen LogP contribution in [0.5, 0.6) is 5.75 Å². The first-order chi connectivity index (χ1) is 8.75. The van der Waals surface area contributed by atoms with E-state index in [-0.39, 0.29) is 0 Å². The van der Waals surface area contributed by atoms with Crippen LogP contribution in [0.1, 0.15) is 37.3 Å². The molecule has 0 heterocycles. The van der Waals surface area contributed by atoms with E-state index in [1.165, 1.54) is 5.56 Å². The Morgan fingerprint density at radius 1 is 1.50 bits per heavy atom. The molecule has 1 aliphatic carbocycles. The third-order valence-electron chi connectivity index (χ3n) is 3.64. The number of fused-ring (bicyclic) bond motifs is 1. The molecule has 1 atom stereocenters. The van der Waals surface area contributed by atoms with Crippen molar-refractivity contribution < 1.29 is 4.74 Å². The number of ether oxygens (including phenoxy) is 1. The zero-order chi connectivity index (χ0) is 13.0. The van der Waals surface area contributed by atoms with Gasteiger partial charge in [0.05, 0.1) is 13.2 Å². The average Bonchev–Trinajstić information content (AvgIpc) is 2.44. The van der Waals surface area contributed by atoms with E-state index in [4.69, 9.17) is 4.74 Å². The van der Waals surface area contributed by atoms with Crippen LogP contribution in [-0.4, -0.2) is 13.7 Å². The SMILES string of the molecule is CCCNC1(C#N)CCCc2cc(OC)ccc21. The summed E-state index contributed by atoms with van der Waals surface area (Å²) in [6.07, 6.45) is 4.01. The normalized spacial score (nSPS) is 22.1. The summed E-state index contributed by atoms with van der Waals surface area (Å²) in [5.41, 5.74) is 1.87. The molecule has 0 amide bonds. The largest absolute Gasteiger partial charge is 0.497 e. The van der Waals surface area contributed by atoms with Gasteiger partial charge in [-0.15, -0.1) is 0 Å². The van der Waals surface area contributed by atoms with Crippen LogP contribution in [0.4, 0.5) is 0 Å². The molecule has 3 heteroatoms. The average molecular weight is 244 g/mol. The minimum absolute atomic E-state index is 0.504. The molecule has 1 N–H and O–H groups in total. The van der Waals surface area contributed by atoms with Crippen molar-refractivity contribution in [2.75, 3.05) is 13.7 Å². The Morgan fingerprint density at radius 3 is 3.00 bits per heavy atom. The first kappa shape index (κ1) is 12.9. The Hall–Kier alpha value is -1.53. The van der Waals surface area contributed by atoms with Crippen LogP contribution >= 0.6 is 0 Å². The Kier molecular flexibility index (Phi) is 3.88. The molecule has 0 fully saturated rings. The maximum atomic E-state index is 9.60. The number of nitrogens with one attached hydrogen (secondary N) is 1. The molecule has 1 unspecified atom stereocenters. The number of nitrogens with zero attached hydrogens (tertiary/aromatic N) is 1. The number of hydrogen-bond acceptors (Lipinski definition) is 3. The molecule has 1 aromatic carbocycles. The quantitative estimate of drug-likeness (QED) is 0.885. The number of rotatable bonds is 4. The number of nitriles is 1. The molecule has 2 rings (SSSR count). The highest BCUT2D eigenvalue weighted by molar-refractivity contribution is 5.44. The van der Waals surface area contributed by atoms with Gasteiger partial charge in [-0.25, -0.2) is 0 Å². The van der Waals surface area contributed by atoms with Crippen molar-refractivity contribution in [1.29, 1.82) is 5.26 Å². The molecule has 0 saturated carbocycles. The molecule has 1 aliphatic rings. The lowest BCUT2D eigenvalue weighted by atomic mass is 9.77. The molecule has 0 spiro atoms. The van der Waals surface area contributed by atoms with Crippen LogP contribution in [0.3, 0.4) is 0 Å². The van der Waals surface area contributed by atoms with Crippen LogP contribution in [0.15, 0.2) is 18.2 Å². The summed E-state index contributed by atoms with van der Waals surface area (Å²) >= 11 is 0. The summed E-state index contributed by atoms with van der Waals surface area (Å²) in [6.45, 7) is 2.99. The second kappa shape index (κ2) is 5.41. The van der Waals surface area contributed by atoms with Crippen LogP contribution < -0.4 is 10.1 Å². The van der Waals surface area contributed by atoms with Gasteiger partial charge in [-0.1, -0.05) is 13.0 Å². The van der Waals surface area contributed by atoms with Gasteiger partial charge < -0.3 is 4.74 Å². The van der Waals surface area contributed by atoms with Crippen molar-refractivity contribution in [2.24, 2.45) is 0 Å². The van der Waals surface area contributed by atoms with E-state index in [1.54, 1.807) is 7.11 Å². The van der Waals surface area contributed by atoms with Crippen LogP contribution in [0.2, 0.25) is 0 Å². The van der Waals surface area contributed by atoms with Gasteiger partial charge in [0.25, 0.3) is 0 Å². The zero-order valence-corrected chi connectivity index (χ0v) is 11.1. The lowest BCUT2D eigenvalue weighted by Gasteiger charge is -2.34. The summed E-state index contributed by atoms with van der Waals surface area (Å²) < 4.78 is 5.26. The Morgan fingerprint density at radius 2 is 2.33 bits per heavy atom. The van der Waals surface area contributed by atoms with E-state index < -0.39 is 5.54 Å². The molecule has 1 aromatic rings. The third kappa shape index (κ3) is 2.21. The van der Waals surface area contributed by atoms with Gasteiger partial charge in [0.15, 0.2) is 0 Å². The smallest absolute Gasteiger partial charge is 0.132 e. The fourth-order valence-electron chi connectivity index (χ4n) is 2.68. The number of methoxy groups -OCH3 is 1. The highest BCUT2D eigenvalue weighted by Gasteiger charge is 2.36. The lowest BCUT2D eigenvalue weighted by Crippen LogP contribution is -2.44. The Balaban J connectivity index is 2.40. The summed E-state index contributed by atoms with van der Waals surface area (Å²) in [6, 6.07) is 8.55. The highest BCUT2D eigenvalue weighted by atomic mass is 16.5. The zero-order valence-electron chi connectivity index (χ0n) is 11.1. The molecular weight excluding hydrogens is 224 g/mol. The third-order valence-corrected chi connectivity index (χ3v) is 3.64. The first-order valence-corrected chi connectivity index (χ1v) is 6.59. The van der Waals surface area contributed by atoms with Crippen molar-refractivity contribution in [3.05, 3.63) is 29.3 Å². The van der Waals surface area contributed by atoms with Gasteiger partial charge in [0, 0.05) is 0 Å². The van der Waals surface area contributed by atoms with Crippen molar-refractivity contribution in [1.82, 2.24) is 5.32 Å². The monoisotopic (exact) mass is 244 g/mol. The maximum Gasteiger partial charge on any atom is 0.132 e. The molecule has 3 nitrogen and oxygen atoms in total. The van der Waals surface area contributed by atoms with Crippen molar-refractivity contribution in [3.63, 3.8) is 0 Å². The Labute approximate surface area is 109 Å². The van der Waals surface area contributed by atoms with Crippen LogP contribution in [-0.2, 0) is 12.0 Å². The fourth-order valence-corrected chi connectivity index (χ4v) is 2.68. The topological polar surface area (TPSA) is 45.0 Å². The van der Waals surface area contributed by atoms with Crippen molar-refractivity contribution in [2.45, 2.75) is 38.1 Å². The van der Waals surface area contributed by atoms with E-state index >= 15 is 0 Å². The fraction of sp³-hybridized carbons (Fsp3) is 0.533. The number of aryl methyl sites for hydroxylation is 1. The molecular formula is C15H20N2O. The predicted octanol–water partition coefficient (Wildman–Crippen LogP) is 2.75. The maximum absolute atomic E-state index is 9.60. The molecule has 18 heavy (non-hydrogen) atoms. The van der Waals surface area contributed by atoms with E-state index in [9.17, 15) is 5.26 Å². The van der Waals surface area contributed by atoms with Crippen molar-refractivity contribution in [3.8, 4) is 11.8 Å². The number of hydrogen-bond donors (Lipinski definition) is 1. The van der Waals surface area contributed by atoms with Gasteiger partial charge >= 0.3 is 0 Å². The van der Waals surface area contributed by atoms with Crippen LogP contribution in [0, 0.1) is 11.3 Å². The molecule has 96 valence electrons. The summed E-state index contributed by atoms with van der Waals surface area (Å²) in [5, 5.41) is 13.0. The molecule has 0 aliphatic heterocycles. The second-order valence-electron chi connectivity index (χ2n) is 4.82. The van der Waals surface area contributed by atoms with Gasteiger partial charge in [-0.2, -0.15) is 5.26 Å². The molecule has 0 aromatic heterocycles. The highest BCUT2D eigenvalue weighted by Crippen LogP contribution is 2.36. The summed E-state index contributed by atoms with van der Waals surface area (Å²) in [7, 11) is 1.68. The lowest BCUT2D eigenvalue weighted by molar-refractivity contribution is 0.364. The van der Waals surface area contributed by atoms with Crippen LogP contribution in [0.25, 0.3) is 0 Å². The standard InChI is InChI=1S/C15H20N2O/c1-3-9-17-15(11-16)8-4-5-12-10-13(18-2)6-7-14(12)15/h6-7,10,17H,3-5,8-9H2,1-2H3. The minimum atomic E-state index is -0.504.